The van der Waals surface area contributed by atoms with Crippen LogP contribution in [-0.2, 0) is 4.79 Å². The van der Waals surface area contributed by atoms with Crippen molar-refractivity contribution in [1.29, 1.82) is 0 Å². The number of carbonyl (C=O) groups is 1. The Kier molecular flexibility index (Phi) is 5.21. The molecule has 3 aromatic rings. The average Bonchev–Trinajstić information content (AvgIpc) is 3.11. The fourth-order valence-electron chi connectivity index (χ4n) is 3.84. The fraction of sp³-hybridized carbons (Fsp3) is 0.400. The molecule has 3 heterocycles. The molecular formula is C20H23N5O2S. The normalized spacial score (nSPS) is 19.9. The number of para-hydroxylation sites is 1. The second-order valence-corrected chi connectivity index (χ2v) is 8.18. The van der Waals surface area contributed by atoms with Crippen LogP contribution >= 0.6 is 11.8 Å². The van der Waals surface area contributed by atoms with Gasteiger partial charge >= 0.3 is 0 Å². The molecule has 1 fully saturated rings. The number of piperidine rings is 1. The number of thioether (sulfide) groups is 1. The quantitative estimate of drug-likeness (QED) is 0.540. The molecule has 1 saturated heterocycles. The molecule has 1 amide bonds. The number of fused-ring (bicyclic) bond motifs is 1. The first-order valence-corrected chi connectivity index (χ1v) is 10.5. The van der Waals surface area contributed by atoms with Gasteiger partial charge in [0.25, 0.3) is 5.56 Å². The third-order valence-electron chi connectivity index (χ3n) is 5.23. The highest BCUT2D eigenvalue weighted by molar-refractivity contribution is 7.99. The maximum Gasteiger partial charge on any atom is 0.262 e. The van der Waals surface area contributed by atoms with E-state index >= 15 is 0 Å². The maximum atomic E-state index is 12.7. The molecule has 0 bridgehead atoms. The molecule has 2 unspecified atom stereocenters. The Morgan fingerprint density at radius 3 is 2.64 bits per heavy atom. The summed E-state index contributed by atoms with van der Waals surface area (Å²) in [7, 11) is 0. The van der Waals surface area contributed by atoms with E-state index in [2.05, 4.69) is 28.9 Å². The van der Waals surface area contributed by atoms with Gasteiger partial charge in [-0.25, -0.2) is 9.67 Å². The van der Waals surface area contributed by atoms with Crippen molar-refractivity contribution < 1.29 is 4.79 Å². The molecule has 4 rings (SSSR count). The second-order valence-electron chi connectivity index (χ2n) is 7.22. The van der Waals surface area contributed by atoms with E-state index in [4.69, 9.17) is 0 Å². The van der Waals surface area contributed by atoms with Gasteiger partial charge < -0.3 is 9.88 Å². The summed E-state index contributed by atoms with van der Waals surface area (Å²) in [4.78, 5) is 34.5. The highest BCUT2D eigenvalue weighted by Crippen LogP contribution is 2.24. The van der Waals surface area contributed by atoms with Gasteiger partial charge in [-0.1, -0.05) is 30.0 Å². The van der Waals surface area contributed by atoms with Crippen LogP contribution in [0.3, 0.4) is 0 Å². The van der Waals surface area contributed by atoms with Crippen LogP contribution in [0.1, 0.15) is 33.1 Å². The Bertz CT molecular complexity index is 1040. The highest BCUT2D eigenvalue weighted by atomic mass is 32.2. The van der Waals surface area contributed by atoms with Crippen LogP contribution in [0.4, 0.5) is 0 Å². The van der Waals surface area contributed by atoms with Crippen molar-refractivity contribution in [3.63, 3.8) is 0 Å². The Balaban J connectivity index is 1.58. The van der Waals surface area contributed by atoms with E-state index in [1.165, 1.54) is 18.0 Å². The number of H-pyrrole nitrogens is 1. The first-order chi connectivity index (χ1) is 13.5. The van der Waals surface area contributed by atoms with Crippen LogP contribution in [0.2, 0.25) is 0 Å². The minimum absolute atomic E-state index is 0.0870. The molecule has 1 N–H and O–H groups in total. The summed E-state index contributed by atoms with van der Waals surface area (Å²) in [5, 5.41) is 5.17. The third-order valence-corrected chi connectivity index (χ3v) is 6.09. The molecule has 2 atom stereocenters. The fourth-order valence-corrected chi connectivity index (χ4v) is 4.57. The van der Waals surface area contributed by atoms with Gasteiger partial charge in [0.1, 0.15) is 5.39 Å². The number of aromatic amines is 1. The van der Waals surface area contributed by atoms with Crippen LogP contribution in [-0.4, -0.2) is 48.4 Å². The van der Waals surface area contributed by atoms with Crippen molar-refractivity contribution >= 4 is 28.7 Å². The molecule has 8 heteroatoms. The lowest BCUT2D eigenvalue weighted by Crippen LogP contribution is -2.48. The van der Waals surface area contributed by atoms with Crippen LogP contribution < -0.4 is 5.56 Å². The van der Waals surface area contributed by atoms with Crippen molar-refractivity contribution in [3.05, 3.63) is 46.9 Å². The number of nitrogens with one attached hydrogen (secondary N) is 1. The van der Waals surface area contributed by atoms with Crippen LogP contribution in [0.25, 0.3) is 16.7 Å². The van der Waals surface area contributed by atoms with E-state index in [0.29, 0.717) is 16.2 Å². The van der Waals surface area contributed by atoms with Gasteiger partial charge in [-0.3, -0.25) is 9.59 Å². The Hall–Kier alpha value is -2.61. The Morgan fingerprint density at radius 2 is 1.93 bits per heavy atom. The number of hydrogen-bond donors (Lipinski definition) is 1. The number of nitrogens with zero attached hydrogens (tertiary/aromatic N) is 4. The monoisotopic (exact) mass is 397 g/mol. The van der Waals surface area contributed by atoms with Crippen LogP contribution in [0, 0.1) is 0 Å². The van der Waals surface area contributed by atoms with E-state index in [0.717, 1.165) is 24.9 Å². The summed E-state index contributed by atoms with van der Waals surface area (Å²) in [5.41, 5.74) is 1.07. The number of rotatable bonds is 4. The molecule has 1 aliphatic rings. The summed E-state index contributed by atoms with van der Waals surface area (Å²) >= 11 is 1.26. The SMILES string of the molecule is CC1CCCC(C)N1C(=O)CSc1nc2c(cnn2-c2ccccc2)c(=O)[nH]1. The minimum atomic E-state index is -0.248. The first-order valence-electron chi connectivity index (χ1n) is 9.52. The second kappa shape index (κ2) is 7.79. The van der Waals surface area contributed by atoms with E-state index in [1.54, 1.807) is 4.68 Å². The number of amides is 1. The number of hydrogen-bond acceptors (Lipinski definition) is 5. The van der Waals surface area contributed by atoms with E-state index in [1.807, 2.05) is 35.2 Å². The van der Waals surface area contributed by atoms with Gasteiger partial charge in [0.15, 0.2) is 10.8 Å². The van der Waals surface area contributed by atoms with Crippen molar-refractivity contribution in [3.8, 4) is 5.69 Å². The Labute approximate surface area is 167 Å². The molecule has 0 spiro atoms. The lowest BCUT2D eigenvalue weighted by atomic mass is 9.98. The third kappa shape index (κ3) is 3.56. The van der Waals surface area contributed by atoms with Crippen LogP contribution in [0.15, 0.2) is 46.5 Å². The van der Waals surface area contributed by atoms with Gasteiger partial charge in [-0.05, 0) is 45.2 Å². The van der Waals surface area contributed by atoms with E-state index < -0.39 is 0 Å². The smallest absolute Gasteiger partial charge is 0.262 e. The minimum Gasteiger partial charge on any atom is -0.337 e. The van der Waals surface area contributed by atoms with Gasteiger partial charge in [0.05, 0.1) is 17.6 Å². The highest BCUT2D eigenvalue weighted by Gasteiger charge is 2.28. The lowest BCUT2D eigenvalue weighted by Gasteiger charge is -2.39. The number of likely N-dealkylation sites (tertiary alicyclic amines) is 1. The van der Waals surface area contributed by atoms with E-state index in [-0.39, 0.29) is 29.3 Å². The predicted molar refractivity (Wildman–Crippen MR) is 110 cm³/mol. The largest absolute Gasteiger partial charge is 0.337 e. The molecule has 1 aromatic carbocycles. The lowest BCUT2D eigenvalue weighted by molar-refractivity contribution is -0.134. The predicted octanol–water partition coefficient (Wildman–Crippen LogP) is 2.99. The van der Waals surface area contributed by atoms with Crippen molar-refractivity contribution in [2.24, 2.45) is 0 Å². The summed E-state index contributed by atoms with van der Waals surface area (Å²) < 4.78 is 1.64. The van der Waals surface area contributed by atoms with Gasteiger partial charge in [-0.15, -0.1) is 0 Å². The number of aromatic nitrogens is 4. The molecule has 7 nitrogen and oxygen atoms in total. The molecule has 0 aliphatic carbocycles. The molecule has 0 radical (unpaired) electrons. The maximum absolute atomic E-state index is 12.7. The van der Waals surface area contributed by atoms with E-state index in [9.17, 15) is 9.59 Å². The van der Waals surface area contributed by atoms with Crippen molar-refractivity contribution in [1.82, 2.24) is 24.6 Å². The summed E-state index contributed by atoms with van der Waals surface area (Å²) in [5.74, 6) is 0.340. The topological polar surface area (TPSA) is 83.9 Å². The van der Waals surface area contributed by atoms with Gasteiger partial charge in [0, 0.05) is 12.1 Å². The summed E-state index contributed by atoms with van der Waals surface area (Å²) in [6, 6.07) is 10.1. The molecule has 0 saturated carbocycles. The number of benzene rings is 1. The number of carbonyl (C=O) groups excluding carboxylic acids is 1. The molecular weight excluding hydrogens is 374 g/mol. The van der Waals surface area contributed by atoms with Crippen molar-refractivity contribution in [2.75, 3.05) is 5.75 Å². The van der Waals surface area contributed by atoms with Crippen LogP contribution in [0.5, 0.6) is 0 Å². The average molecular weight is 398 g/mol. The standard InChI is InChI=1S/C20H23N5O2S/c1-13-7-6-8-14(2)24(13)17(26)12-28-20-22-18-16(19(27)23-20)11-21-25(18)15-9-4-3-5-10-15/h3-5,9-11,13-14H,6-8,12H2,1-2H3,(H,22,23,27). The summed E-state index contributed by atoms with van der Waals surface area (Å²) in [6.45, 7) is 4.20. The van der Waals surface area contributed by atoms with Gasteiger partial charge in [0.2, 0.25) is 5.91 Å². The Morgan fingerprint density at radius 1 is 1.21 bits per heavy atom. The molecule has 2 aromatic heterocycles. The zero-order valence-electron chi connectivity index (χ0n) is 16.0. The molecule has 28 heavy (non-hydrogen) atoms. The summed E-state index contributed by atoms with van der Waals surface area (Å²) in [6.07, 6.45) is 4.76. The zero-order valence-corrected chi connectivity index (χ0v) is 16.8. The first kappa shape index (κ1) is 18.7. The van der Waals surface area contributed by atoms with Gasteiger partial charge in [-0.2, -0.15) is 5.10 Å². The zero-order chi connectivity index (χ0) is 19.7. The molecule has 1 aliphatic heterocycles. The van der Waals surface area contributed by atoms with Crippen molar-refractivity contribution in [2.45, 2.75) is 50.4 Å². The molecule has 146 valence electrons.